The first-order valence-corrected chi connectivity index (χ1v) is 8.16. The summed E-state index contributed by atoms with van der Waals surface area (Å²) >= 11 is 3.38. The molecule has 0 bridgehead atoms. The van der Waals surface area contributed by atoms with Crippen LogP contribution in [0.15, 0.2) is 22.7 Å². The Morgan fingerprint density at radius 1 is 1.21 bits per heavy atom. The molecule has 0 saturated heterocycles. The van der Waals surface area contributed by atoms with E-state index in [-0.39, 0.29) is 5.82 Å². The van der Waals surface area contributed by atoms with Crippen LogP contribution in [0.5, 0.6) is 0 Å². The van der Waals surface area contributed by atoms with E-state index in [0.29, 0.717) is 12.0 Å². The average Bonchev–Trinajstić information content (AvgIpc) is 2.55. The van der Waals surface area contributed by atoms with Crippen molar-refractivity contribution >= 4 is 15.9 Å². The predicted octanol–water partition coefficient (Wildman–Crippen LogP) is 4.69. The van der Waals surface area contributed by atoms with Gasteiger partial charge in [-0.1, -0.05) is 42.1 Å². The molecule has 0 aromatic heterocycles. The number of hydrogen-bond acceptors (Lipinski definition) is 1. The maximum atomic E-state index is 13.5. The Hall–Kier alpha value is -0.410. The first-order chi connectivity index (χ1) is 9.19. The monoisotopic (exact) mass is 327 g/mol. The van der Waals surface area contributed by atoms with Crippen molar-refractivity contribution in [1.82, 2.24) is 5.32 Å². The predicted molar refractivity (Wildman–Crippen MR) is 81.8 cm³/mol. The van der Waals surface area contributed by atoms with Crippen molar-refractivity contribution in [2.75, 3.05) is 6.54 Å². The fraction of sp³-hybridized carbons (Fsp3) is 0.625. The third kappa shape index (κ3) is 4.57. The Kier molecular flexibility index (Phi) is 5.83. The first kappa shape index (κ1) is 15.0. The van der Waals surface area contributed by atoms with Gasteiger partial charge < -0.3 is 5.32 Å². The van der Waals surface area contributed by atoms with E-state index in [9.17, 15) is 4.39 Å². The van der Waals surface area contributed by atoms with E-state index in [4.69, 9.17) is 0 Å². The Morgan fingerprint density at radius 3 is 2.74 bits per heavy atom. The number of hydrogen-bond donors (Lipinski definition) is 1. The average molecular weight is 328 g/mol. The van der Waals surface area contributed by atoms with Crippen molar-refractivity contribution in [2.45, 2.75) is 51.5 Å². The smallest absolute Gasteiger partial charge is 0.124 e. The minimum Gasteiger partial charge on any atom is -0.314 e. The molecule has 1 aliphatic carbocycles. The molecule has 19 heavy (non-hydrogen) atoms. The summed E-state index contributed by atoms with van der Waals surface area (Å²) in [5, 5.41) is 3.62. The van der Waals surface area contributed by atoms with Crippen LogP contribution in [0.4, 0.5) is 4.39 Å². The van der Waals surface area contributed by atoms with Crippen LogP contribution in [0, 0.1) is 11.7 Å². The number of rotatable bonds is 4. The molecular formula is C16H23BrFN. The van der Waals surface area contributed by atoms with Gasteiger partial charge in [0.25, 0.3) is 0 Å². The molecule has 0 heterocycles. The second kappa shape index (κ2) is 7.39. The minimum atomic E-state index is -0.141. The highest BCUT2D eigenvalue weighted by Crippen LogP contribution is 2.28. The van der Waals surface area contributed by atoms with Crippen molar-refractivity contribution in [1.29, 1.82) is 0 Å². The van der Waals surface area contributed by atoms with Gasteiger partial charge in [-0.2, -0.15) is 0 Å². The molecule has 3 heteroatoms. The van der Waals surface area contributed by atoms with Gasteiger partial charge in [0, 0.05) is 10.5 Å². The third-order valence-corrected chi connectivity index (χ3v) is 4.50. The highest BCUT2D eigenvalue weighted by atomic mass is 79.9. The topological polar surface area (TPSA) is 12.0 Å². The molecule has 2 atom stereocenters. The maximum absolute atomic E-state index is 13.5. The van der Waals surface area contributed by atoms with E-state index in [1.165, 1.54) is 38.2 Å². The van der Waals surface area contributed by atoms with Gasteiger partial charge >= 0.3 is 0 Å². The summed E-state index contributed by atoms with van der Waals surface area (Å²) in [5.74, 6) is 0.495. The molecular weight excluding hydrogens is 305 g/mol. The van der Waals surface area contributed by atoms with Crippen LogP contribution in [-0.4, -0.2) is 12.6 Å². The van der Waals surface area contributed by atoms with Crippen LogP contribution >= 0.6 is 15.9 Å². The van der Waals surface area contributed by atoms with Crippen molar-refractivity contribution in [3.63, 3.8) is 0 Å². The Balaban J connectivity index is 2.08. The minimum absolute atomic E-state index is 0.141. The number of benzene rings is 1. The first-order valence-electron chi connectivity index (χ1n) is 7.37. The highest BCUT2D eigenvalue weighted by Gasteiger charge is 2.23. The summed E-state index contributed by atoms with van der Waals surface area (Å²) in [6.07, 6.45) is 7.46. The lowest BCUT2D eigenvalue weighted by Gasteiger charge is -2.26. The Labute approximate surface area is 124 Å². The fourth-order valence-electron chi connectivity index (χ4n) is 3.19. The van der Waals surface area contributed by atoms with Crippen LogP contribution in [0.2, 0.25) is 0 Å². The Morgan fingerprint density at radius 2 is 2.00 bits per heavy atom. The molecule has 2 rings (SSSR count). The van der Waals surface area contributed by atoms with E-state index >= 15 is 0 Å². The lowest BCUT2D eigenvalue weighted by atomic mass is 9.88. The Bertz CT molecular complexity index is 387. The molecule has 106 valence electrons. The van der Waals surface area contributed by atoms with Gasteiger partial charge in [0.2, 0.25) is 0 Å². The van der Waals surface area contributed by atoms with Crippen LogP contribution in [0.1, 0.15) is 44.6 Å². The third-order valence-electron chi connectivity index (χ3n) is 4.05. The van der Waals surface area contributed by atoms with Gasteiger partial charge in [-0.3, -0.25) is 0 Å². The number of nitrogens with one attached hydrogen (secondary N) is 1. The molecule has 1 aliphatic rings. The molecule has 1 saturated carbocycles. The molecule has 0 radical (unpaired) electrons. The molecule has 1 N–H and O–H groups in total. The summed E-state index contributed by atoms with van der Waals surface area (Å²) in [5.41, 5.74) is 1.11. The van der Waals surface area contributed by atoms with Crippen LogP contribution in [-0.2, 0) is 6.42 Å². The largest absolute Gasteiger partial charge is 0.314 e. The summed E-state index contributed by atoms with van der Waals surface area (Å²) in [4.78, 5) is 0. The zero-order valence-electron chi connectivity index (χ0n) is 11.6. The summed E-state index contributed by atoms with van der Waals surface area (Å²) in [7, 11) is 0. The zero-order valence-corrected chi connectivity index (χ0v) is 13.2. The molecule has 1 fully saturated rings. The molecule has 1 aromatic carbocycles. The quantitative estimate of drug-likeness (QED) is 0.791. The van der Waals surface area contributed by atoms with Crippen molar-refractivity contribution in [2.24, 2.45) is 5.92 Å². The SMILES string of the molecule is CCNC1CCCCCC1Cc1cc(F)cc(Br)c1. The van der Waals surface area contributed by atoms with E-state index in [1.54, 1.807) is 6.07 Å². The van der Waals surface area contributed by atoms with Crippen molar-refractivity contribution in [3.8, 4) is 0 Å². The van der Waals surface area contributed by atoms with Gasteiger partial charge in [-0.15, -0.1) is 0 Å². The molecule has 0 aliphatic heterocycles. The molecule has 0 spiro atoms. The summed E-state index contributed by atoms with van der Waals surface area (Å²) in [6, 6.07) is 5.85. The van der Waals surface area contributed by atoms with Crippen LogP contribution in [0.3, 0.4) is 0 Å². The zero-order chi connectivity index (χ0) is 13.7. The molecule has 0 amide bonds. The second-order valence-corrected chi connectivity index (χ2v) is 6.46. The van der Waals surface area contributed by atoms with E-state index < -0.39 is 0 Å². The van der Waals surface area contributed by atoms with Crippen LogP contribution in [0.25, 0.3) is 0 Å². The van der Waals surface area contributed by atoms with Gasteiger partial charge in [-0.05, 0) is 55.5 Å². The summed E-state index contributed by atoms with van der Waals surface area (Å²) in [6.45, 7) is 3.19. The fourth-order valence-corrected chi connectivity index (χ4v) is 3.70. The normalized spacial score (nSPS) is 24.2. The number of halogens is 2. The van der Waals surface area contributed by atoms with Gasteiger partial charge in [0.05, 0.1) is 0 Å². The highest BCUT2D eigenvalue weighted by molar-refractivity contribution is 9.10. The van der Waals surface area contributed by atoms with E-state index in [0.717, 1.165) is 23.0 Å². The van der Waals surface area contributed by atoms with E-state index in [2.05, 4.69) is 34.2 Å². The second-order valence-electron chi connectivity index (χ2n) is 5.54. The maximum Gasteiger partial charge on any atom is 0.124 e. The summed E-state index contributed by atoms with van der Waals surface area (Å²) < 4.78 is 14.3. The van der Waals surface area contributed by atoms with Crippen molar-refractivity contribution < 1.29 is 4.39 Å². The lowest BCUT2D eigenvalue weighted by Crippen LogP contribution is -2.36. The van der Waals surface area contributed by atoms with Crippen molar-refractivity contribution in [3.05, 3.63) is 34.1 Å². The molecule has 2 unspecified atom stereocenters. The molecule has 1 aromatic rings. The van der Waals surface area contributed by atoms with Gasteiger partial charge in [0.1, 0.15) is 5.82 Å². The van der Waals surface area contributed by atoms with E-state index in [1.807, 2.05) is 0 Å². The van der Waals surface area contributed by atoms with Gasteiger partial charge in [0.15, 0.2) is 0 Å². The lowest BCUT2D eigenvalue weighted by molar-refractivity contribution is 0.337. The standard InChI is InChI=1S/C16H23BrFN/c1-2-19-16-7-5-3-4-6-13(16)8-12-9-14(17)11-15(18)10-12/h9-11,13,16,19H,2-8H2,1H3. The van der Waals surface area contributed by atoms with Crippen LogP contribution < -0.4 is 5.32 Å². The van der Waals surface area contributed by atoms with Gasteiger partial charge in [-0.25, -0.2) is 4.39 Å². The molecule has 1 nitrogen and oxygen atoms in total.